The molecule has 1 unspecified atom stereocenters. The molecule has 5 nitrogen and oxygen atoms in total. The van der Waals surface area contributed by atoms with Crippen LogP contribution < -0.4 is 11.1 Å². The van der Waals surface area contributed by atoms with Crippen LogP contribution in [-0.4, -0.2) is 30.1 Å². The molecule has 0 aliphatic rings. The zero-order valence-electron chi connectivity index (χ0n) is 10.3. The minimum atomic E-state index is -0.0607. The number of nitrogens with one attached hydrogen (secondary N) is 1. The molecule has 5 heteroatoms. The first-order chi connectivity index (χ1) is 8.11. The van der Waals surface area contributed by atoms with Gasteiger partial charge < -0.3 is 15.8 Å². The number of carbonyl (C=O) groups is 1. The average molecular weight is 237 g/mol. The molecule has 0 fully saturated rings. The van der Waals surface area contributed by atoms with Gasteiger partial charge in [0.15, 0.2) is 0 Å². The maximum atomic E-state index is 11.6. The summed E-state index contributed by atoms with van der Waals surface area (Å²) in [6.45, 7) is 5.01. The lowest BCUT2D eigenvalue weighted by atomic mass is 10.2. The number of nitrogens with zero attached hydrogens (tertiary/aromatic N) is 1. The Hall–Kier alpha value is -1.62. The number of hydrogen-bond donors (Lipinski definition) is 2. The molecule has 94 valence electrons. The molecular weight excluding hydrogens is 218 g/mol. The van der Waals surface area contributed by atoms with Crippen LogP contribution in [0.5, 0.6) is 0 Å². The van der Waals surface area contributed by atoms with Gasteiger partial charge in [-0.2, -0.15) is 0 Å². The number of nitrogen functional groups attached to an aromatic ring is 1. The summed E-state index contributed by atoms with van der Waals surface area (Å²) in [5, 5.41) is 2.84. The largest absolute Gasteiger partial charge is 0.397 e. The third-order valence-corrected chi connectivity index (χ3v) is 2.17. The Morgan fingerprint density at radius 3 is 2.94 bits per heavy atom. The van der Waals surface area contributed by atoms with E-state index in [1.807, 2.05) is 13.8 Å². The molecule has 0 saturated heterocycles. The first-order valence-corrected chi connectivity index (χ1v) is 5.69. The van der Waals surface area contributed by atoms with E-state index < -0.39 is 0 Å². The molecular formula is C12H19N3O2. The van der Waals surface area contributed by atoms with Gasteiger partial charge >= 0.3 is 0 Å². The Morgan fingerprint density at radius 2 is 2.35 bits per heavy atom. The topological polar surface area (TPSA) is 77.2 Å². The van der Waals surface area contributed by atoms with Gasteiger partial charge in [0.05, 0.1) is 24.9 Å². The van der Waals surface area contributed by atoms with Crippen LogP contribution in [0.1, 0.15) is 19.5 Å². The van der Waals surface area contributed by atoms with Crippen LogP contribution in [0.25, 0.3) is 0 Å². The third-order valence-electron chi connectivity index (χ3n) is 2.17. The van der Waals surface area contributed by atoms with E-state index in [9.17, 15) is 4.79 Å². The van der Waals surface area contributed by atoms with Gasteiger partial charge in [-0.05, 0) is 26.0 Å². The van der Waals surface area contributed by atoms with E-state index >= 15 is 0 Å². The predicted molar refractivity (Wildman–Crippen MR) is 66.5 cm³/mol. The zero-order chi connectivity index (χ0) is 12.7. The fourth-order valence-corrected chi connectivity index (χ4v) is 1.37. The molecule has 0 aliphatic carbocycles. The first-order valence-electron chi connectivity index (χ1n) is 5.69. The summed E-state index contributed by atoms with van der Waals surface area (Å²) in [5.74, 6) is -0.0607. The average Bonchev–Trinajstić information content (AvgIpc) is 2.29. The minimum absolute atomic E-state index is 0.0104. The molecule has 3 N–H and O–H groups in total. The van der Waals surface area contributed by atoms with E-state index in [0.717, 1.165) is 0 Å². The summed E-state index contributed by atoms with van der Waals surface area (Å²) in [5.41, 5.74) is 6.82. The smallest absolute Gasteiger partial charge is 0.226 e. The lowest BCUT2D eigenvalue weighted by Gasteiger charge is -2.13. The normalized spacial score (nSPS) is 12.1. The highest BCUT2D eigenvalue weighted by Gasteiger charge is 2.08. The van der Waals surface area contributed by atoms with Gasteiger partial charge in [-0.3, -0.25) is 9.78 Å². The van der Waals surface area contributed by atoms with Crippen LogP contribution in [0.4, 0.5) is 5.69 Å². The fraction of sp³-hybridized carbons (Fsp3) is 0.500. The molecule has 1 aromatic rings. The second kappa shape index (κ2) is 6.85. The molecule has 1 atom stereocenters. The van der Waals surface area contributed by atoms with Crippen LogP contribution in [0.2, 0.25) is 0 Å². The SMILES string of the molecule is CCOCC(C)NC(=O)Cc1ccc(N)cn1. The van der Waals surface area contributed by atoms with Crippen LogP contribution >= 0.6 is 0 Å². The van der Waals surface area contributed by atoms with E-state index in [1.165, 1.54) is 0 Å². The molecule has 1 amide bonds. The van der Waals surface area contributed by atoms with E-state index in [4.69, 9.17) is 10.5 Å². The molecule has 0 saturated carbocycles. The predicted octanol–water partition coefficient (Wildman–Crippen LogP) is 0.747. The maximum absolute atomic E-state index is 11.6. The van der Waals surface area contributed by atoms with Crippen LogP contribution in [0.3, 0.4) is 0 Å². The van der Waals surface area contributed by atoms with Crippen molar-refractivity contribution in [2.24, 2.45) is 0 Å². The number of anilines is 1. The Kier molecular flexibility index (Phi) is 5.42. The van der Waals surface area contributed by atoms with Crippen molar-refractivity contribution in [3.63, 3.8) is 0 Å². The molecule has 0 aliphatic heterocycles. The summed E-state index contributed by atoms with van der Waals surface area (Å²) < 4.78 is 5.22. The molecule has 1 rings (SSSR count). The van der Waals surface area contributed by atoms with Crippen molar-refractivity contribution in [3.05, 3.63) is 24.0 Å². The van der Waals surface area contributed by atoms with Crippen molar-refractivity contribution >= 4 is 11.6 Å². The Bertz CT molecular complexity index is 351. The molecule has 0 bridgehead atoms. The second-order valence-electron chi connectivity index (χ2n) is 3.89. The van der Waals surface area contributed by atoms with Crippen molar-refractivity contribution in [1.29, 1.82) is 0 Å². The van der Waals surface area contributed by atoms with E-state index in [2.05, 4.69) is 10.3 Å². The van der Waals surface area contributed by atoms with Crippen LogP contribution in [0, 0.1) is 0 Å². The van der Waals surface area contributed by atoms with Crippen molar-refractivity contribution in [3.8, 4) is 0 Å². The standard InChI is InChI=1S/C12H19N3O2/c1-3-17-8-9(2)15-12(16)6-11-5-4-10(13)7-14-11/h4-5,7,9H,3,6,8,13H2,1-2H3,(H,15,16). The van der Waals surface area contributed by atoms with Gasteiger partial charge in [0.25, 0.3) is 0 Å². The fourth-order valence-electron chi connectivity index (χ4n) is 1.37. The molecule has 1 heterocycles. The Morgan fingerprint density at radius 1 is 1.59 bits per heavy atom. The number of nitrogens with two attached hydrogens (primary N) is 1. The van der Waals surface area contributed by atoms with Crippen LogP contribution in [0.15, 0.2) is 18.3 Å². The Labute approximate surface area is 101 Å². The molecule has 17 heavy (non-hydrogen) atoms. The minimum Gasteiger partial charge on any atom is -0.397 e. The molecule has 1 aromatic heterocycles. The van der Waals surface area contributed by atoms with Crippen molar-refractivity contribution < 1.29 is 9.53 Å². The van der Waals surface area contributed by atoms with Gasteiger partial charge in [0, 0.05) is 18.3 Å². The highest BCUT2D eigenvalue weighted by molar-refractivity contribution is 5.78. The second-order valence-corrected chi connectivity index (χ2v) is 3.89. The molecule has 0 radical (unpaired) electrons. The number of hydrogen-bond acceptors (Lipinski definition) is 4. The monoisotopic (exact) mass is 237 g/mol. The van der Waals surface area contributed by atoms with Gasteiger partial charge in [0.2, 0.25) is 5.91 Å². The summed E-state index contributed by atoms with van der Waals surface area (Å²) in [7, 11) is 0. The zero-order valence-corrected chi connectivity index (χ0v) is 10.3. The lowest BCUT2D eigenvalue weighted by Crippen LogP contribution is -2.37. The number of amides is 1. The van der Waals surface area contributed by atoms with Crippen molar-refractivity contribution in [2.75, 3.05) is 18.9 Å². The number of aromatic nitrogens is 1. The number of pyridine rings is 1. The summed E-state index contributed by atoms with van der Waals surface area (Å²) in [4.78, 5) is 15.7. The molecule has 0 aromatic carbocycles. The number of carbonyl (C=O) groups excluding carboxylic acids is 1. The van der Waals surface area contributed by atoms with Crippen molar-refractivity contribution in [1.82, 2.24) is 10.3 Å². The summed E-state index contributed by atoms with van der Waals surface area (Å²) in [6.07, 6.45) is 1.81. The summed E-state index contributed by atoms with van der Waals surface area (Å²) in [6, 6.07) is 3.50. The van der Waals surface area contributed by atoms with E-state index in [0.29, 0.717) is 24.6 Å². The van der Waals surface area contributed by atoms with E-state index in [-0.39, 0.29) is 18.4 Å². The van der Waals surface area contributed by atoms with Gasteiger partial charge in [-0.1, -0.05) is 0 Å². The van der Waals surface area contributed by atoms with Crippen molar-refractivity contribution in [2.45, 2.75) is 26.3 Å². The quantitative estimate of drug-likeness (QED) is 0.765. The highest BCUT2D eigenvalue weighted by Crippen LogP contribution is 2.01. The Balaban J connectivity index is 2.36. The summed E-state index contributed by atoms with van der Waals surface area (Å²) >= 11 is 0. The number of ether oxygens (including phenoxy) is 1. The maximum Gasteiger partial charge on any atom is 0.226 e. The highest BCUT2D eigenvalue weighted by atomic mass is 16.5. The first kappa shape index (κ1) is 13.4. The number of rotatable bonds is 6. The van der Waals surface area contributed by atoms with Gasteiger partial charge in [-0.15, -0.1) is 0 Å². The van der Waals surface area contributed by atoms with Crippen LogP contribution in [-0.2, 0) is 16.0 Å². The molecule has 0 spiro atoms. The third kappa shape index (κ3) is 5.31. The lowest BCUT2D eigenvalue weighted by molar-refractivity contribution is -0.121. The van der Waals surface area contributed by atoms with Gasteiger partial charge in [0.1, 0.15) is 0 Å². The van der Waals surface area contributed by atoms with Gasteiger partial charge in [-0.25, -0.2) is 0 Å². The van der Waals surface area contributed by atoms with E-state index in [1.54, 1.807) is 18.3 Å².